The molecule has 7 aromatic rings. The molecule has 2 heteroatoms. The SMILES string of the molecule is c1ccc(-c2ccccc2-n2c3ccccc3c3ccc(Nc4cccc5ccccc45)cc32)cc1. The Morgan fingerprint density at radius 1 is 0.472 bits per heavy atom. The van der Waals surface area contributed by atoms with Crippen LogP contribution in [0.4, 0.5) is 11.4 Å². The molecule has 1 aromatic heterocycles. The zero-order chi connectivity index (χ0) is 23.9. The van der Waals surface area contributed by atoms with Crippen LogP contribution in [0.2, 0.25) is 0 Å². The van der Waals surface area contributed by atoms with E-state index in [2.05, 4.69) is 149 Å². The average molecular weight is 461 g/mol. The molecule has 0 amide bonds. The minimum atomic E-state index is 1.07. The molecule has 0 aliphatic rings. The van der Waals surface area contributed by atoms with E-state index in [9.17, 15) is 0 Å². The molecule has 1 heterocycles. The number of nitrogens with one attached hydrogen (secondary N) is 1. The van der Waals surface area contributed by atoms with E-state index in [0.29, 0.717) is 0 Å². The number of rotatable bonds is 4. The fourth-order valence-electron chi connectivity index (χ4n) is 5.33. The van der Waals surface area contributed by atoms with Crippen molar-refractivity contribution in [2.75, 3.05) is 5.32 Å². The Balaban J connectivity index is 1.46. The average Bonchev–Trinajstić information content (AvgIpc) is 3.27. The van der Waals surface area contributed by atoms with Crippen molar-refractivity contribution in [2.45, 2.75) is 0 Å². The Labute approximate surface area is 210 Å². The number of benzene rings is 6. The summed E-state index contributed by atoms with van der Waals surface area (Å²) in [6, 6.07) is 49.6. The molecule has 0 atom stereocenters. The van der Waals surface area contributed by atoms with Gasteiger partial charge in [0.25, 0.3) is 0 Å². The summed E-state index contributed by atoms with van der Waals surface area (Å²) in [5.74, 6) is 0. The summed E-state index contributed by atoms with van der Waals surface area (Å²) in [5, 5.41) is 8.65. The summed E-state index contributed by atoms with van der Waals surface area (Å²) in [4.78, 5) is 0. The molecule has 0 aliphatic heterocycles. The minimum Gasteiger partial charge on any atom is -0.355 e. The zero-order valence-corrected chi connectivity index (χ0v) is 19.7. The number of hydrogen-bond donors (Lipinski definition) is 1. The second-order valence-electron chi connectivity index (χ2n) is 9.12. The zero-order valence-electron chi connectivity index (χ0n) is 19.7. The van der Waals surface area contributed by atoms with Crippen LogP contribution < -0.4 is 5.32 Å². The third-order valence-corrected chi connectivity index (χ3v) is 6.97. The number of aromatic nitrogens is 1. The fourth-order valence-corrected chi connectivity index (χ4v) is 5.33. The first kappa shape index (κ1) is 20.5. The molecule has 2 nitrogen and oxygen atoms in total. The highest BCUT2D eigenvalue weighted by Crippen LogP contribution is 2.37. The predicted molar refractivity (Wildman–Crippen MR) is 153 cm³/mol. The molecule has 0 saturated carbocycles. The second kappa shape index (κ2) is 8.44. The number of para-hydroxylation sites is 2. The monoisotopic (exact) mass is 460 g/mol. The third-order valence-electron chi connectivity index (χ3n) is 6.97. The van der Waals surface area contributed by atoms with Crippen LogP contribution in [0.3, 0.4) is 0 Å². The molecule has 0 radical (unpaired) electrons. The summed E-state index contributed by atoms with van der Waals surface area (Å²) in [6.45, 7) is 0. The van der Waals surface area contributed by atoms with Crippen LogP contribution in [0.5, 0.6) is 0 Å². The van der Waals surface area contributed by atoms with Gasteiger partial charge in [0.05, 0.1) is 16.7 Å². The second-order valence-corrected chi connectivity index (χ2v) is 9.12. The van der Waals surface area contributed by atoms with Crippen LogP contribution >= 0.6 is 0 Å². The summed E-state index contributed by atoms with van der Waals surface area (Å²) >= 11 is 0. The standard InChI is InChI=1S/C34H24N2/c1-2-11-25(12-3-1)28-16-6-8-19-32(28)36-33-20-9-7-17-29(33)30-22-21-26(23-34(30)36)35-31-18-10-14-24-13-4-5-15-27(24)31/h1-23,35H. The first-order chi connectivity index (χ1) is 17.9. The van der Waals surface area contributed by atoms with Crippen LogP contribution in [0.1, 0.15) is 0 Å². The van der Waals surface area contributed by atoms with Gasteiger partial charge in [-0.3, -0.25) is 0 Å². The molecule has 0 saturated heterocycles. The highest BCUT2D eigenvalue weighted by atomic mass is 15.0. The van der Waals surface area contributed by atoms with E-state index < -0.39 is 0 Å². The fraction of sp³-hybridized carbons (Fsp3) is 0. The van der Waals surface area contributed by atoms with Gasteiger partial charge in [-0.05, 0) is 41.3 Å². The molecule has 0 aliphatic carbocycles. The molecule has 6 aromatic carbocycles. The lowest BCUT2D eigenvalue weighted by Gasteiger charge is -2.15. The predicted octanol–water partition coefficient (Wildman–Crippen LogP) is 9.35. The van der Waals surface area contributed by atoms with Gasteiger partial charge in [-0.1, -0.05) is 109 Å². The molecular formula is C34H24N2. The summed E-state index contributed by atoms with van der Waals surface area (Å²) < 4.78 is 2.40. The summed E-state index contributed by atoms with van der Waals surface area (Å²) in [7, 11) is 0. The molecule has 0 fully saturated rings. The van der Waals surface area contributed by atoms with Gasteiger partial charge in [-0.2, -0.15) is 0 Å². The number of nitrogens with zero attached hydrogens (tertiary/aromatic N) is 1. The topological polar surface area (TPSA) is 17.0 Å². The van der Waals surface area contributed by atoms with Gasteiger partial charge in [0.15, 0.2) is 0 Å². The summed E-state index contributed by atoms with van der Waals surface area (Å²) in [5.41, 5.74) is 8.18. The van der Waals surface area contributed by atoms with Crippen LogP contribution in [0.15, 0.2) is 140 Å². The van der Waals surface area contributed by atoms with Crippen molar-refractivity contribution in [3.05, 3.63) is 140 Å². The highest BCUT2D eigenvalue weighted by molar-refractivity contribution is 6.10. The van der Waals surface area contributed by atoms with Gasteiger partial charge in [-0.15, -0.1) is 0 Å². The summed E-state index contributed by atoms with van der Waals surface area (Å²) in [6.07, 6.45) is 0. The minimum absolute atomic E-state index is 1.07. The molecule has 36 heavy (non-hydrogen) atoms. The van der Waals surface area contributed by atoms with Crippen molar-refractivity contribution in [1.29, 1.82) is 0 Å². The van der Waals surface area contributed by atoms with Crippen molar-refractivity contribution in [3.8, 4) is 16.8 Å². The van der Waals surface area contributed by atoms with E-state index in [1.165, 1.54) is 49.4 Å². The molecule has 7 rings (SSSR count). The Morgan fingerprint density at radius 2 is 1.17 bits per heavy atom. The van der Waals surface area contributed by atoms with Crippen LogP contribution in [0, 0.1) is 0 Å². The number of fused-ring (bicyclic) bond motifs is 4. The van der Waals surface area contributed by atoms with E-state index in [0.717, 1.165) is 11.4 Å². The Morgan fingerprint density at radius 3 is 2.08 bits per heavy atom. The van der Waals surface area contributed by atoms with E-state index in [1.807, 2.05) is 0 Å². The van der Waals surface area contributed by atoms with Gasteiger partial charge in [0.2, 0.25) is 0 Å². The number of hydrogen-bond acceptors (Lipinski definition) is 1. The lowest BCUT2D eigenvalue weighted by atomic mass is 10.0. The van der Waals surface area contributed by atoms with Gasteiger partial charge in [0, 0.05) is 33.1 Å². The molecule has 0 bridgehead atoms. The van der Waals surface area contributed by atoms with E-state index >= 15 is 0 Å². The van der Waals surface area contributed by atoms with Gasteiger partial charge in [-0.25, -0.2) is 0 Å². The van der Waals surface area contributed by atoms with Gasteiger partial charge < -0.3 is 9.88 Å². The Bertz CT molecular complexity index is 1860. The molecule has 170 valence electrons. The van der Waals surface area contributed by atoms with Gasteiger partial charge >= 0.3 is 0 Å². The lowest BCUT2D eigenvalue weighted by molar-refractivity contribution is 1.18. The molecular weight excluding hydrogens is 436 g/mol. The highest BCUT2D eigenvalue weighted by Gasteiger charge is 2.16. The van der Waals surface area contributed by atoms with Crippen molar-refractivity contribution in [1.82, 2.24) is 4.57 Å². The normalized spacial score (nSPS) is 11.3. The largest absolute Gasteiger partial charge is 0.355 e. The maximum atomic E-state index is 3.70. The molecule has 0 spiro atoms. The van der Waals surface area contributed by atoms with Crippen LogP contribution in [0.25, 0.3) is 49.4 Å². The first-order valence-electron chi connectivity index (χ1n) is 12.3. The number of anilines is 2. The van der Waals surface area contributed by atoms with Crippen LogP contribution in [-0.4, -0.2) is 4.57 Å². The quantitative estimate of drug-likeness (QED) is 0.277. The maximum absolute atomic E-state index is 3.70. The molecule has 1 N–H and O–H groups in total. The molecule has 0 unspecified atom stereocenters. The first-order valence-corrected chi connectivity index (χ1v) is 12.3. The van der Waals surface area contributed by atoms with E-state index in [4.69, 9.17) is 0 Å². The van der Waals surface area contributed by atoms with Crippen molar-refractivity contribution in [2.24, 2.45) is 0 Å². The Kier molecular flexibility index (Phi) is 4.82. The van der Waals surface area contributed by atoms with E-state index in [-0.39, 0.29) is 0 Å². The van der Waals surface area contributed by atoms with Crippen LogP contribution in [-0.2, 0) is 0 Å². The van der Waals surface area contributed by atoms with Gasteiger partial charge in [0.1, 0.15) is 0 Å². The maximum Gasteiger partial charge on any atom is 0.0562 e. The Hall–Kier alpha value is -4.82. The van der Waals surface area contributed by atoms with Crippen molar-refractivity contribution < 1.29 is 0 Å². The van der Waals surface area contributed by atoms with Crippen molar-refractivity contribution >= 4 is 44.0 Å². The smallest absolute Gasteiger partial charge is 0.0562 e. The third kappa shape index (κ3) is 3.35. The lowest BCUT2D eigenvalue weighted by Crippen LogP contribution is -1.98. The van der Waals surface area contributed by atoms with Crippen molar-refractivity contribution in [3.63, 3.8) is 0 Å². The van der Waals surface area contributed by atoms with E-state index in [1.54, 1.807) is 0 Å².